The molecule has 0 spiro atoms. The van der Waals surface area contributed by atoms with E-state index in [1.165, 1.54) is 4.90 Å². The maximum Gasteiger partial charge on any atom is 0.326 e. The van der Waals surface area contributed by atoms with E-state index in [9.17, 15) is 34.2 Å². The molecule has 0 radical (unpaired) electrons. The first-order valence-corrected chi connectivity index (χ1v) is 11.7. The highest BCUT2D eigenvalue weighted by atomic mass is 32.1. The highest BCUT2D eigenvalue weighted by Gasteiger charge is 2.34. The van der Waals surface area contributed by atoms with Crippen molar-refractivity contribution in [2.75, 3.05) is 25.4 Å². The Morgan fingerprint density at radius 1 is 1.06 bits per heavy atom. The Hall–Kier alpha value is -3.16. The van der Waals surface area contributed by atoms with Gasteiger partial charge in [0, 0.05) is 12.3 Å². The summed E-state index contributed by atoms with van der Waals surface area (Å²) in [6.45, 7) is -0.902. The zero-order valence-electron chi connectivity index (χ0n) is 19.1. The first-order valence-electron chi connectivity index (χ1n) is 11.1. The van der Waals surface area contributed by atoms with E-state index in [-0.39, 0.29) is 18.7 Å². The lowest BCUT2D eigenvalue weighted by Gasteiger charge is -2.24. The fraction of sp³-hybridized carbons (Fsp3) is 0.500. The van der Waals surface area contributed by atoms with Gasteiger partial charge in [-0.1, -0.05) is 30.3 Å². The number of carbonyl (C=O) groups excluding carboxylic acids is 4. The zero-order chi connectivity index (χ0) is 26.0. The quantitative estimate of drug-likeness (QED) is 0.152. The monoisotopic (exact) mass is 509 g/mol. The van der Waals surface area contributed by atoms with E-state index in [0.717, 1.165) is 5.56 Å². The van der Waals surface area contributed by atoms with Crippen molar-refractivity contribution in [2.45, 2.75) is 43.4 Å². The molecule has 7 N–H and O–H groups in total. The topological polar surface area (TPSA) is 191 Å². The highest BCUT2D eigenvalue weighted by Crippen LogP contribution is 2.17. The van der Waals surface area contributed by atoms with Crippen LogP contribution < -0.4 is 21.7 Å². The van der Waals surface area contributed by atoms with Gasteiger partial charge in [-0.2, -0.15) is 12.6 Å². The first-order chi connectivity index (χ1) is 16.7. The smallest absolute Gasteiger partial charge is 0.326 e. The van der Waals surface area contributed by atoms with Crippen LogP contribution in [0.25, 0.3) is 0 Å². The molecule has 0 unspecified atom stereocenters. The number of hydrogen-bond donors (Lipinski definition) is 7. The third-order valence-corrected chi connectivity index (χ3v) is 5.90. The van der Waals surface area contributed by atoms with E-state index in [2.05, 4.69) is 28.6 Å². The second-order valence-corrected chi connectivity index (χ2v) is 8.45. The molecule has 192 valence electrons. The van der Waals surface area contributed by atoms with Gasteiger partial charge in [-0.15, -0.1) is 0 Å². The van der Waals surface area contributed by atoms with Crippen molar-refractivity contribution in [3.63, 3.8) is 0 Å². The van der Waals surface area contributed by atoms with Gasteiger partial charge in [0.2, 0.25) is 23.6 Å². The minimum atomic E-state index is -1.36. The minimum Gasteiger partial charge on any atom is -0.480 e. The molecule has 0 bridgehead atoms. The number of nitrogens with zero attached hydrogens (tertiary/aromatic N) is 1. The summed E-state index contributed by atoms with van der Waals surface area (Å²) in [5.41, 5.74) is 6.73. The van der Waals surface area contributed by atoms with Gasteiger partial charge in [0.25, 0.3) is 0 Å². The number of hydrogen-bond acceptors (Lipinski definition) is 8. The summed E-state index contributed by atoms with van der Waals surface area (Å²) in [6.07, 6.45) is 1.12. The Bertz CT molecular complexity index is 917. The molecule has 0 aromatic heterocycles. The number of carbonyl (C=O) groups is 5. The number of rotatable bonds is 12. The SMILES string of the molecule is N[C@@H](Cc1ccccc1)C(=O)N[C@@H](CO)C(=O)N[C@@H](CS)C(=O)NCC(=O)N1CCC[C@H]1C(=O)O. The second kappa shape index (κ2) is 13.7. The molecule has 12 nitrogen and oxygen atoms in total. The fourth-order valence-corrected chi connectivity index (χ4v) is 3.87. The zero-order valence-corrected chi connectivity index (χ0v) is 19.9. The van der Waals surface area contributed by atoms with Crippen LogP contribution in [0.3, 0.4) is 0 Å². The first kappa shape index (κ1) is 28.1. The lowest BCUT2D eigenvalue weighted by molar-refractivity contribution is -0.148. The lowest BCUT2D eigenvalue weighted by Crippen LogP contribution is -2.58. The molecule has 1 aromatic rings. The summed E-state index contributed by atoms with van der Waals surface area (Å²) in [5.74, 6) is -4.01. The Morgan fingerprint density at radius 2 is 1.71 bits per heavy atom. The van der Waals surface area contributed by atoms with Crippen LogP contribution in [0, 0.1) is 0 Å². The maximum absolute atomic E-state index is 12.5. The highest BCUT2D eigenvalue weighted by molar-refractivity contribution is 7.80. The van der Waals surface area contributed by atoms with Crippen molar-refractivity contribution < 1.29 is 34.2 Å². The Balaban J connectivity index is 1.87. The average molecular weight is 510 g/mol. The van der Waals surface area contributed by atoms with E-state index >= 15 is 0 Å². The average Bonchev–Trinajstić information content (AvgIpc) is 3.35. The van der Waals surface area contributed by atoms with Gasteiger partial charge in [-0.25, -0.2) is 4.79 Å². The Morgan fingerprint density at radius 3 is 2.31 bits per heavy atom. The van der Waals surface area contributed by atoms with Crippen LogP contribution in [0.1, 0.15) is 18.4 Å². The molecule has 35 heavy (non-hydrogen) atoms. The van der Waals surface area contributed by atoms with Gasteiger partial charge >= 0.3 is 5.97 Å². The van der Waals surface area contributed by atoms with Crippen molar-refractivity contribution >= 4 is 42.2 Å². The predicted molar refractivity (Wildman–Crippen MR) is 128 cm³/mol. The maximum atomic E-state index is 12.5. The van der Waals surface area contributed by atoms with Crippen LogP contribution in [-0.4, -0.2) is 94.3 Å². The van der Waals surface area contributed by atoms with Crippen molar-refractivity contribution in [3.05, 3.63) is 35.9 Å². The number of likely N-dealkylation sites (tertiary alicyclic amines) is 1. The molecule has 1 fully saturated rings. The number of benzene rings is 1. The van der Waals surface area contributed by atoms with Crippen LogP contribution in [0.15, 0.2) is 30.3 Å². The van der Waals surface area contributed by atoms with Crippen LogP contribution in [-0.2, 0) is 30.4 Å². The Labute approximate surface area is 208 Å². The lowest BCUT2D eigenvalue weighted by atomic mass is 10.1. The largest absolute Gasteiger partial charge is 0.480 e. The number of nitrogens with two attached hydrogens (primary N) is 1. The summed E-state index contributed by atoms with van der Waals surface area (Å²) in [5, 5.41) is 25.8. The van der Waals surface area contributed by atoms with E-state index < -0.39 is 66.9 Å². The van der Waals surface area contributed by atoms with Gasteiger partial charge in [0.05, 0.1) is 19.2 Å². The number of aliphatic hydroxyl groups is 1. The summed E-state index contributed by atoms with van der Waals surface area (Å²) in [7, 11) is 0. The third-order valence-electron chi connectivity index (χ3n) is 5.54. The van der Waals surface area contributed by atoms with E-state index in [4.69, 9.17) is 5.73 Å². The predicted octanol–water partition coefficient (Wildman–Crippen LogP) is -2.36. The number of amides is 4. The molecular formula is C22H31N5O7S. The number of carboxylic acid groups (broad SMARTS) is 1. The molecule has 1 saturated heterocycles. The van der Waals surface area contributed by atoms with Crippen LogP contribution in [0.4, 0.5) is 0 Å². The van der Waals surface area contributed by atoms with Crippen LogP contribution in [0.2, 0.25) is 0 Å². The summed E-state index contributed by atoms with van der Waals surface area (Å²) >= 11 is 4.04. The summed E-state index contributed by atoms with van der Waals surface area (Å²) in [4.78, 5) is 62.1. The molecule has 1 aliphatic rings. The number of nitrogens with one attached hydrogen (secondary N) is 3. The molecule has 1 aromatic carbocycles. The molecule has 4 amide bonds. The van der Waals surface area contributed by atoms with Gasteiger partial charge < -0.3 is 36.8 Å². The molecule has 2 rings (SSSR count). The van der Waals surface area contributed by atoms with E-state index in [1.54, 1.807) is 24.3 Å². The standard InChI is InChI=1S/C22H31N5O7S/c23-14(9-13-5-2-1-3-6-13)19(30)25-15(11-28)21(32)26-16(12-35)20(31)24-10-18(29)27-8-4-7-17(27)22(33)34/h1-3,5-6,14-17,28,35H,4,7-12,23H2,(H,24,31)(H,25,30)(H,26,32)(H,33,34)/t14-,15-,16-,17-/m0/s1. The third kappa shape index (κ3) is 8.23. The number of thiol groups is 1. The molecule has 1 heterocycles. The van der Waals surface area contributed by atoms with Crippen molar-refractivity contribution in [2.24, 2.45) is 5.73 Å². The molecular weight excluding hydrogens is 478 g/mol. The van der Waals surface area contributed by atoms with Crippen molar-refractivity contribution in [1.82, 2.24) is 20.9 Å². The molecule has 0 saturated carbocycles. The number of aliphatic carboxylic acids is 1. The normalized spacial score (nSPS) is 17.7. The second-order valence-electron chi connectivity index (χ2n) is 8.08. The number of aliphatic hydroxyl groups excluding tert-OH is 1. The van der Waals surface area contributed by atoms with Crippen LogP contribution in [0.5, 0.6) is 0 Å². The molecule has 13 heteroatoms. The van der Waals surface area contributed by atoms with Crippen LogP contribution >= 0.6 is 12.6 Å². The van der Waals surface area contributed by atoms with Gasteiger partial charge in [-0.3, -0.25) is 19.2 Å². The summed E-state index contributed by atoms with van der Waals surface area (Å²) < 4.78 is 0. The van der Waals surface area contributed by atoms with E-state index in [1.807, 2.05) is 6.07 Å². The summed E-state index contributed by atoms with van der Waals surface area (Å²) in [6, 6.07) is 4.61. The van der Waals surface area contributed by atoms with Crippen molar-refractivity contribution in [1.29, 1.82) is 0 Å². The van der Waals surface area contributed by atoms with Gasteiger partial charge in [-0.05, 0) is 24.8 Å². The Kier molecular flexibility index (Phi) is 11.0. The van der Waals surface area contributed by atoms with Crippen molar-refractivity contribution in [3.8, 4) is 0 Å². The molecule has 1 aliphatic heterocycles. The van der Waals surface area contributed by atoms with Gasteiger partial charge in [0.15, 0.2) is 0 Å². The fourth-order valence-electron chi connectivity index (χ4n) is 3.61. The minimum absolute atomic E-state index is 0.132. The molecule has 0 aliphatic carbocycles. The van der Waals surface area contributed by atoms with Gasteiger partial charge in [0.1, 0.15) is 18.1 Å². The van der Waals surface area contributed by atoms with E-state index in [0.29, 0.717) is 12.8 Å². The number of carboxylic acids is 1. The molecule has 4 atom stereocenters.